The van der Waals surface area contributed by atoms with E-state index in [1.165, 1.54) is 26.2 Å². The number of halogens is 1. The van der Waals surface area contributed by atoms with Crippen LogP contribution in [0.2, 0.25) is 5.02 Å². The van der Waals surface area contributed by atoms with E-state index < -0.39 is 5.91 Å². The molecule has 0 aliphatic rings. The Morgan fingerprint density at radius 2 is 1.96 bits per heavy atom. The van der Waals surface area contributed by atoms with Gasteiger partial charge in [0.25, 0.3) is 5.91 Å². The molecule has 0 aromatic heterocycles. The van der Waals surface area contributed by atoms with Gasteiger partial charge in [-0.3, -0.25) is 9.59 Å². The molecule has 0 aliphatic heterocycles. The molecular weight excluding hydrogens is 344 g/mol. The summed E-state index contributed by atoms with van der Waals surface area (Å²) in [6, 6.07) is 11.2. The second-order valence-corrected chi connectivity index (χ2v) is 5.47. The number of hydrogen-bond acceptors (Lipinski definition) is 5. The zero-order chi connectivity index (χ0) is 18.4. The zero-order valence-corrected chi connectivity index (χ0v) is 14.4. The molecule has 0 aliphatic carbocycles. The molecule has 128 valence electrons. The number of methoxy groups -OCH3 is 1. The molecule has 0 spiro atoms. The lowest BCUT2D eigenvalue weighted by Gasteiger charge is -2.12. The van der Waals surface area contributed by atoms with Crippen molar-refractivity contribution < 1.29 is 19.1 Å². The third-order valence-corrected chi connectivity index (χ3v) is 3.61. The normalized spacial score (nSPS) is 9.84. The minimum Gasteiger partial charge on any atom is -0.493 e. The van der Waals surface area contributed by atoms with Gasteiger partial charge in [-0.2, -0.15) is 5.26 Å². The lowest BCUT2D eigenvalue weighted by molar-refractivity contribution is -0.118. The number of amides is 1. The number of benzene rings is 2. The molecule has 0 radical (unpaired) electrons. The van der Waals surface area contributed by atoms with Gasteiger partial charge in [0.15, 0.2) is 23.9 Å². The smallest absolute Gasteiger partial charge is 0.262 e. The fourth-order valence-corrected chi connectivity index (χ4v) is 2.25. The van der Waals surface area contributed by atoms with Gasteiger partial charge in [-0.25, -0.2) is 0 Å². The highest BCUT2D eigenvalue weighted by Crippen LogP contribution is 2.28. The number of nitriles is 1. The van der Waals surface area contributed by atoms with Crippen LogP contribution in [-0.4, -0.2) is 25.4 Å². The van der Waals surface area contributed by atoms with Crippen molar-refractivity contribution in [2.24, 2.45) is 0 Å². The van der Waals surface area contributed by atoms with E-state index in [9.17, 15) is 9.59 Å². The van der Waals surface area contributed by atoms with Gasteiger partial charge < -0.3 is 14.8 Å². The topological polar surface area (TPSA) is 88.4 Å². The zero-order valence-electron chi connectivity index (χ0n) is 13.6. The Balaban J connectivity index is 2.01. The maximum absolute atomic E-state index is 12.0. The molecule has 0 heterocycles. The van der Waals surface area contributed by atoms with Gasteiger partial charge in [0.1, 0.15) is 6.07 Å². The Morgan fingerprint density at radius 3 is 2.56 bits per heavy atom. The molecule has 0 saturated carbocycles. The van der Waals surface area contributed by atoms with Gasteiger partial charge in [-0.05, 0) is 43.3 Å². The van der Waals surface area contributed by atoms with E-state index in [1.54, 1.807) is 24.3 Å². The first kappa shape index (κ1) is 18.3. The number of carbonyl (C=O) groups excluding carboxylic acids is 2. The molecule has 0 fully saturated rings. The predicted octanol–water partition coefficient (Wildman–Crippen LogP) is 3.44. The molecule has 1 amide bonds. The number of hydrogen-bond donors (Lipinski definition) is 1. The molecular formula is C18H15ClN2O4. The maximum atomic E-state index is 12.0. The summed E-state index contributed by atoms with van der Waals surface area (Å²) in [5, 5.41) is 11.7. The fraction of sp³-hybridized carbons (Fsp3) is 0.167. The summed E-state index contributed by atoms with van der Waals surface area (Å²) in [4.78, 5) is 23.4. The quantitative estimate of drug-likeness (QED) is 0.799. The number of ether oxygens (including phenoxy) is 2. The van der Waals surface area contributed by atoms with Gasteiger partial charge in [0.05, 0.1) is 17.7 Å². The van der Waals surface area contributed by atoms with E-state index >= 15 is 0 Å². The Kier molecular flexibility index (Phi) is 5.98. The minimum atomic E-state index is -0.404. The summed E-state index contributed by atoms with van der Waals surface area (Å²) < 4.78 is 10.6. The number of nitrogens with one attached hydrogen (secondary N) is 1. The Hall–Kier alpha value is -3.04. The number of ketones is 1. The van der Waals surface area contributed by atoms with Crippen LogP contribution in [0.1, 0.15) is 22.8 Å². The highest BCUT2D eigenvalue weighted by molar-refractivity contribution is 6.32. The van der Waals surface area contributed by atoms with Crippen LogP contribution in [0, 0.1) is 11.3 Å². The van der Waals surface area contributed by atoms with Gasteiger partial charge >= 0.3 is 0 Å². The van der Waals surface area contributed by atoms with Crippen molar-refractivity contribution in [3.05, 3.63) is 52.5 Å². The summed E-state index contributed by atoms with van der Waals surface area (Å²) in [7, 11) is 1.45. The molecule has 0 atom stereocenters. The highest BCUT2D eigenvalue weighted by Gasteiger charge is 2.11. The highest BCUT2D eigenvalue weighted by atomic mass is 35.5. The fourth-order valence-electron chi connectivity index (χ4n) is 2.03. The van der Waals surface area contributed by atoms with Crippen molar-refractivity contribution in [2.45, 2.75) is 6.92 Å². The first-order valence-corrected chi connectivity index (χ1v) is 7.63. The summed E-state index contributed by atoms with van der Waals surface area (Å²) in [6.07, 6.45) is 0. The van der Waals surface area contributed by atoms with E-state index in [0.717, 1.165) is 0 Å². The van der Waals surface area contributed by atoms with E-state index in [-0.39, 0.29) is 17.4 Å². The third kappa shape index (κ3) is 4.72. The molecule has 0 bridgehead atoms. The first-order valence-electron chi connectivity index (χ1n) is 7.26. The largest absolute Gasteiger partial charge is 0.493 e. The monoisotopic (exact) mass is 358 g/mol. The van der Waals surface area contributed by atoms with E-state index in [1.807, 2.05) is 6.07 Å². The lowest BCUT2D eigenvalue weighted by Crippen LogP contribution is -2.20. The second-order valence-electron chi connectivity index (χ2n) is 5.07. The van der Waals surface area contributed by atoms with Gasteiger partial charge in [0, 0.05) is 11.3 Å². The van der Waals surface area contributed by atoms with Crippen LogP contribution >= 0.6 is 11.6 Å². The second kappa shape index (κ2) is 8.18. The molecule has 2 rings (SSSR count). The van der Waals surface area contributed by atoms with Crippen LogP contribution in [0.4, 0.5) is 5.69 Å². The van der Waals surface area contributed by atoms with Crippen molar-refractivity contribution in [2.75, 3.05) is 19.0 Å². The van der Waals surface area contributed by atoms with E-state index in [0.29, 0.717) is 28.3 Å². The Bertz CT molecular complexity index is 859. The van der Waals surface area contributed by atoms with Crippen molar-refractivity contribution in [1.82, 2.24) is 0 Å². The molecule has 25 heavy (non-hydrogen) atoms. The van der Waals surface area contributed by atoms with Crippen LogP contribution in [-0.2, 0) is 4.79 Å². The summed E-state index contributed by atoms with van der Waals surface area (Å²) in [5.41, 5.74) is 1.27. The molecule has 2 aromatic carbocycles. The van der Waals surface area contributed by atoms with Gasteiger partial charge in [-0.15, -0.1) is 0 Å². The Morgan fingerprint density at radius 1 is 1.20 bits per heavy atom. The number of Topliss-reactive ketones (excluding diaryl/α,β-unsaturated/α-hetero) is 1. The van der Waals surface area contributed by atoms with Crippen molar-refractivity contribution in [3.8, 4) is 17.6 Å². The van der Waals surface area contributed by atoms with E-state index in [4.69, 9.17) is 26.3 Å². The predicted molar refractivity (Wildman–Crippen MR) is 93.3 cm³/mol. The molecule has 7 heteroatoms. The average molecular weight is 359 g/mol. The SMILES string of the molecule is COc1cc(C(C)=O)ccc1OCC(=O)Nc1ccc(C#N)c(Cl)c1. The van der Waals surface area contributed by atoms with E-state index in [2.05, 4.69) is 5.32 Å². The number of rotatable bonds is 6. The Labute approximate surface area is 149 Å². The molecule has 6 nitrogen and oxygen atoms in total. The van der Waals surface area contributed by atoms with Crippen molar-refractivity contribution in [3.63, 3.8) is 0 Å². The van der Waals surface area contributed by atoms with Crippen molar-refractivity contribution >= 4 is 29.0 Å². The van der Waals surface area contributed by atoms with Crippen LogP contribution in [0.3, 0.4) is 0 Å². The molecule has 2 aromatic rings. The minimum absolute atomic E-state index is 0.0970. The van der Waals surface area contributed by atoms with Gasteiger partial charge in [-0.1, -0.05) is 11.6 Å². The van der Waals surface area contributed by atoms with Crippen LogP contribution in [0.5, 0.6) is 11.5 Å². The summed E-state index contributed by atoms with van der Waals surface area (Å²) in [5.74, 6) is 0.209. The average Bonchev–Trinajstić information content (AvgIpc) is 2.59. The molecule has 1 N–H and O–H groups in total. The maximum Gasteiger partial charge on any atom is 0.262 e. The lowest BCUT2D eigenvalue weighted by atomic mass is 10.1. The van der Waals surface area contributed by atoms with Crippen LogP contribution < -0.4 is 14.8 Å². The van der Waals surface area contributed by atoms with Crippen LogP contribution in [0.25, 0.3) is 0 Å². The number of carbonyl (C=O) groups is 2. The van der Waals surface area contributed by atoms with Crippen molar-refractivity contribution in [1.29, 1.82) is 5.26 Å². The number of nitrogens with zero attached hydrogens (tertiary/aromatic N) is 1. The molecule has 0 unspecified atom stereocenters. The summed E-state index contributed by atoms with van der Waals surface area (Å²) >= 11 is 5.92. The standard InChI is InChI=1S/C18H15ClN2O4/c1-11(22)12-4-6-16(17(7-12)24-2)25-10-18(23)21-14-5-3-13(9-20)15(19)8-14/h3-8H,10H2,1-2H3,(H,21,23). The van der Waals surface area contributed by atoms with Crippen LogP contribution in [0.15, 0.2) is 36.4 Å². The number of anilines is 1. The summed E-state index contributed by atoms with van der Waals surface area (Å²) in [6.45, 7) is 1.19. The molecule has 0 saturated heterocycles. The third-order valence-electron chi connectivity index (χ3n) is 3.30. The van der Waals surface area contributed by atoms with Gasteiger partial charge in [0.2, 0.25) is 0 Å². The first-order chi connectivity index (χ1) is 11.9.